The van der Waals surface area contributed by atoms with Gasteiger partial charge in [0.25, 0.3) is 5.91 Å². The summed E-state index contributed by atoms with van der Waals surface area (Å²) in [6.07, 6.45) is 6.87. The molecule has 0 atom stereocenters. The van der Waals surface area contributed by atoms with E-state index in [4.69, 9.17) is 11.6 Å². The second-order valence-electron chi connectivity index (χ2n) is 7.20. The maximum Gasteiger partial charge on any atom is 0.257 e. The first-order valence-corrected chi connectivity index (χ1v) is 9.96. The topological polar surface area (TPSA) is 44.4 Å². The van der Waals surface area contributed by atoms with Gasteiger partial charge < -0.3 is 15.5 Å². The largest absolute Gasteiger partial charge is 0.361 e. The second kappa shape index (κ2) is 8.15. The lowest BCUT2D eigenvalue weighted by molar-refractivity contribution is -0.110. The van der Waals surface area contributed by atoms with Crippen LogP contribution in [-0.4, -0.2) is 30.4 Å². The van der Waals surface area contributed by atoms with E-state index in [1.807, 2.05) is 12.1 Å². The zero-order valence-corrected chi connectivity index (χ0v) is 16.1. The number of carbonyl (C=O) groups is 1. The van der Waals surface area contributed by atoms with Gasteiger partial charge >= 0.3 is 0 Å². The van der Waals surface area contributed by atoms with Gasteiger partial charge in [-0.15, -0.1) is 0 Å². The molecular formula is C22H24ClN3O. The summed E-state index contributed by atoms with van der Waals surface area (Å²) >= 11 is 6.07. The van der Waals surface area contributed by atoms with Gasteiger partial charge in [-0.3, -0.25) is 4.79 Å². The van der Waals surface area contributed by atoms with Gasteiger partial charge in [0.1, 0.15) is 0 Å². The number of amides is 1. The zero-order valence-electron chi connectivity index (χ0n) is 15.3. The van der Waals surface area contributed by atoms with E-state index in [1.165, 1.54) is 37.9 Å². The molecule has 140 valence electrons. The molecule has 5 heteroatoms. The lowest BCUT2D eigenvalue weighted by atomic mass is 10.1. The molecule has 1 saturated heterocycles. The van der Waals surface area contributed by atoms with Crippen LogP contribution in [0.15, 0.2) is 48.7 Å². The highest BCUT2D eigenvalue weighted by atomic mass is 35.5. The van der Waals surface area contributed by atoms with Crippen LogP contribution in [0.4, 0.5) is 11.4 Å². The molecule has 2 aliphatic heterocycles. The Bertz CT molecular complexity index is 854. The maximum absolute atomic E-state index is 12.2. The van der Waals surface area contributed by atoms with Crippen molar-refractivity contribution in [3.63, 3.8) is 0 Å². The molecule has 0 bridgehead atoms. The lowest BCUT2D eigenvalue weighted by Gasteiger charge is -2.26. The smallest absolute Gasteiger partial charge is 0.257 e. The fourth-order valence-corrected chi connectivity index (χ4v) is 3.87. The fraction of sp³-hybridized carbons (Fsp3) is 0.318. The van der Waals surface area contributed by atoms with Crippen molar-refractivity contribution in [3.05, 3.63) is 64.8 Å². The van der Waals surface area contributed by atoms with Crippen LogP contribution < -0.4 is 10.6 Å². The Balaban J connectivity index is 1.38. The number of piperidine rings is 1. The van der Waals surface area contributed by atoms with Crippen molar-refractivity contribution in [2.24, 2.45) is 0 Å². The third-order valence-corrected chi connectivity index (χ3v) is 5.50. The summed E-state index contributed by atoms with van der Waals surface area (Å²) in [6.45, 7) is 3.61. The monoisotopic (exact) mass is 381 g/mol. The second-order valence-corrected chi connectivity index (χ2v) is 7.63. The van der Waals surface area contributed by atoms with E-state index >= 15 is 0 Å². The van der Waals surface area contributed by atoms with Crippen molar-refractivity contribution in [1.82, 2.24) is 4.90 Å². The first-order chi connectivity index (χ1) is 13.2. The molecule has 1 amide bonds. The van der Waals surface area contributed by atoms with Crippen LogP contribution >= 0.6 is 11.6 Å². The van der Waals surface area contributed by atoms with Gasteiger partial charge in [-0.25, -0.2) is 0 Å². The van der Waals surface area contributed by atoms with Gasteiger partial charge in [0, 0.05) is 34.7 Å². The van der Waals surface area contributed by atoms with Crippen molar-refractivity contribution >= 4 is 34.5 Å². The highest BCUT2D eigenvalue weighted by molar-refractivity contribution is 6.34. The summed E-state index contributed by atoms with van der Waals surface area (Å²) in [7, 11) is 0. The molecule has 0 saturated carbocycles. The summed E-state index contributed by atoms with van der Waals surface area (Å²) in [5.74, 6) is -0.113. The van der Waals surface area contributed by atoms with Crippen LogP contribution in [0, 0.1) is 0 Å². The predicted molar refractivity (Wildman–Crippen MR) is 112 cm³/mol. The molecule has 2 heterocycles. The van der Waals surface area contributed by atoms with Crippen LogP contribution in [0.25, 0.3) is 5.57 Å². The quantitative estimate of drug-likeness (QED) is 0.733. The van der Waals surface area contributed by atoms with Crippen LogP contribution in [0.2, 0.25) is 5.02 Å². The Morgan fingerprint density at radius 3 is 2.63 bits per heavy atom. The van der Waals surface area contributed by atoms with Gasteiger partial charge in [-0.1, -0.05) is 30.2 Å². The number of benzene rings is 2. The van der Waals surface area contributed by atoms with Gasteiger partial charge in [0.2, 0.25) is 0 Å². The molecule has 0 unspecified atom stereocenters. The Hall–Kier alpha value is -2.30. The highest BCUT2D eigenvalue weighted by Crippen LogP contribution is 2.33. The van der Waals surface area contributed by atoms with Crippen LogP contribution in [0.1, 0.15) is 30.4 Å². The van der Waals surface area contributed by atoms with Crippen LogP contribution in [-0.2, 0) is 11.2 Å². The van der Waals surface area contributed by atoms with Gasteiger partial charge in [-0.2, -0.15) is 0 Å². The van der Waals surface area contributed by atoms with E-state index in [1.54, 1.807) is 12.3 Å². The van der Waals surface area contributed by atoms with Crippen molar-refractivity contribution in [1.29, 1.82) is 0 Å². The number of likely N-dealkylation sites (tertiary alicyclic amines) is 1. The number of fused-ring (bicyclic) bond motifs is 1. The molecule has 2 N–H and O–H groups in total. The Labute approximate surface area is 165 Å². The molecule has 2 aromatic carbocycles. The van der Waals surface area contributed by atoms with Gasteiger partial charge in [0.15, 0.2) is 0 Å². The minimum absolute atomic E-state index is 0.113. The molecule has 4 nitrogen and oxygen atoms in total. The summed E-state index contributed by atoms with van der Waals surface area (Å²) in [6, 6.07) is 13.9. The molecule has 1 fully saturated rings. The Kier molecular flexibility index (Phi) is 5.46. The zero-order chi connectivity index (χ0) is 18.6. The summed E-state index contributed by atoms with van der Waals surface area (Å²) in [4.78, 5) is 14.7. The van der Waals surface area contributed by atoms with E-state index in [2.05, 4.69) is 39.8 Å². The number of nitrogens with one attached hydrogen (secondary N) is 2. The molecule has 27 heavy (non-hydrogen) atoms. The van der Waals surface area contributed by atoms with Crippen LogP contribution in [0.5, 0.6) is 0 Å². The van der Waals surface area contributed by atoms with E-state index in [-0.39, 0.29) is 5.91 Å². The molecule has 0 spiro atoms. The first-order valence-electron chi connectivity index (χ1n) is 9.58. The molecule has 0 aliphatic carbocycles. The third kappa shape index (κ3) is 4.34. The lowest BCUT2D eigenvalue weighted by Crippen LogP contribution is -2.31. The maximum atomic E-state index is 12.2. The number of anilines is 2. The van der Waals surface area contributed by atoms with Gasteiger partial charge in [0.05, 0.1) is 5.57 Å². The average molecular weight is 382 g/mol. The van der Waals surface area contributed by atoms with E-state index in [0.717, 1.165) is 29.9 Å². The first kappa shape index (κ1) is 18.1. The average Bonchev–Trinajstić information content (AvgIpc) is 3.01. The summed E-state index contributed by atoms with van der Waals surface area (Å²) < 4.78 is 0. The minimum Gasteiger partial charge on any atom is -0.361 e. The standard InChI is InChI=1S/C22H24ClN3O/c23-17-6-9-21-19(14-17)20(22(27)25-21)15-24-18-7-4-16(5-8-18)10-13-26-11-2-1-3-12-26/h4-9,14-15,24H,1-3,10-13H2,(H,25,27)/b20-15-. The van der Waals surface area contributed by atoms with Crippen LogP contribution in [0.3, 0.4) is 0 Å². The van der Waals surface area contributed by atoms with E-state index < -0.39 is 0 Å². The summed E-state index contributed by atoms with van der Waals surface area (Å²) in [5.41, 5.74) is 4.53. The highest BCUT2D eigenvalue weighted by Gasteiger charge is 2.24. The van der Waals surface area contributed by atoms with Crippen molar-refractivity contribution in [2.45, 2.75) is 25.7 Å². The number of nitrogens with zero attached hydrogens (tertiary/aromatic N) is 1. The minimum atomic E-state index is -0.113. The van der Waals surface area contributed by atoms with Crippen molar-refractivity contribution in [3.8, 4) is 0 Å². The Morgan fingerprint density at radius 1 is 1.07 bits per heavy atom. The SMILES string of the molecule is O=C1Nc2ccc(Cl)cc2/C1=C/Nc1ccc(CCN2CCCCC2)cc1. The molecule has 0 radical (unpaired) electrons. The fourth-order valence-electron chi connectivity index (χ4n) is 3.70. The third-order valence-electron chi connectivity index (χ3n) is 5.27. The molecule has 0 aromatic heterocycles. The number of halogens is 1. The molecular weight excluding hydrogens is 358 g/mol. The van der Waals surface area contributed by atoms with Crippen molar-refractivity contribution < 1.29 is 4.79 Å². The number of hydrogen-bond donors (Lipinski definition) is 2. The number of carbonyl (C=O) groups excluding carboxylic acids is 1. The van der Waals surface area contributed by atoms with E-state index in [9.17, 15) is 4.79 Å². The number of hydrogen-bond acceptors (Lipinski definition) is 3. The number of rotatable bonds is 5. The molecule has 2 aromatic rings. The summed E-state index contributed by atoms with van der Waals surface area (Å²) in [5, 5.41) is 6.71. The molecule has 2 aliphatic rings. The molecule has 4 rings (SSSR count). The van der Waals surface area contributed by atoms with Crippen molar-refractivity contribution in [2.75, 3.05) is 30.3 Å². The van der Waals surface area contributed by atoms with Gasteiger partial charge in [-0.05, 0) is 68.2 Å². The van der Waals surface area contributed by atoms with E-state index in [0.29, 0.717) is 10.6 Å². The normalized spacial score (nSPS) is 18.4. The predicted octanol–water partition coefficient (Wildman–Crippen LogP) is 4.77. The Morgan fingerprint density at radius 2 is 1.85 bits per heavy atom.